The number of nitrogens with zero attached hydrogens (tertiary/aromatic N) is 3. The number of ether oxygens (including phenoxy) is 1. The maximum Gasteiger partial charge on any atom is 0.263 e. The number of hydrogen-bond donors (Lipinski definition) is 0. The van der Waals surface area contributed by atoms with Crippen LogP contribution in [-0.2, 0) is 6.54 Å². The third-order valence-electron chi connectivity index (χ3n) is 6.09. The zero-order valence-corrected chi connectivity index (χ0v) is 18.6. The van der Waals surface area contributed by atoms with Crippen LogP contribution in [0.5, 0.6) is 5.75 Å². The highest BCUT2D eigenvalue weighted by atomic mass is 32.1. The molecule has 0 bridgehead atoms. The number of hydrogen-bond acceptors (Lipinski definition) is 7. The SMILES string of the molecule is COc1ccc(-c2nc3sc4c(C=O)cccc4c3c(=O)n2Cc2cnco2)c(C2CC2)c1. The van der Waals surface area contributed by atoms with Gasteiger partial charge < -0.3 is 9.15 Å². The predicted octanol–water partition coefficient (Wildman–Crippen LogP) is 5.01. The molecule has 3 heterocycles. The number of fused-ring (bicyclic) bond motifs is 3. The van der Waals surface area contributed by atoms with Crippen LogP contribution in [0.25, 0.3) is 31.7 Å². The maximum absolute atomic E-state index is 13.9. The second kappa shape index (κ2) is 7.67. The zero-order valence-electron chi connectivity index (χ0n) is 17.8. The first-order chi connectivity index (χ1) is 16.2. The first-order valence-electron chi connectivity index (χ1n) is 10.6. The minimum Gasteiger partial charge on any atom is -0.497 e. The molecule has 1 saturated carbocycles. The Morgan fingerprint density at radius 2 is 2.15 bits per heavy atom. The van der Waals surface area contributed by atoms with Crippen molar-refractivity contribution < 1.29 is 13.9 Å². The standard InChI is InChI=1S/C25H19N3O4S/c1-31-16-7-8-18(20(9-16)14-5-6-14)23-27-24-21(19-4-2-3-15(12-29)22(19)33-24)25(30)28(23)11-17-10-26-13-32-17/h2-4,7-10,12-14H,5-6,11H2,1H3. The van der Waals surface area contributed by atoms with Crippen LogP contribution in [0.1, 0.15) is 40.4 Å². The van der Waals surface area contributed by atoms with Gasteiger partial charge in [-0.3, -0.25) is 14.2 Å². The summed E-state index contributed by atoms with van der Waals surface area (Å²) >= 11 is 1.37. The molecule has 0 radical (unpaired) electrons. The number of aldehydes is 1. The number of rotatable bonds is 6. The second-order valence-corrected chi connectivity index (χ2v) is 9.14. The maximum atomic E-state index is 13.9. The summed E-state index contributed by atoms with van der Waals surface area (Å²) in [5.74, 6) is 2.34. The molecule has 0 spiro atoms. The molecular weight excluding hydrogens is 438 g/mol. The van der Waals surface area contributed by atoms with E-state index in [1.165, 1.54) is 17.7 Å². The Labute approximate surface area is 192 Å². The van der Waals surface area contributed by atoms with Gasteiger partial charge in [-0.2, -0.15) is 0 Å². The van der Waals surface area contributed by atoms with Crippen LogP contribution < -0.4 is 10.3 Å². The van der Waals surface area contributed by atoms with Crippen LogP contribution in [0, 0.1) is 0 Å². The fourth-order valence-corrected chi connectivity index (χ4v) is 5.47. The van der Waals surface area contributed by atoms with E-state index in [1.54, 1.807) is 30.0 Å². The van der Waals surface area contributed by atoms with E-state index < -0.39 is 0 Å². The summed E-state index contributed by atoms with van der Waals surface area (Å²) < 4.78 is 13.3. The number of carbonyl (C=O) groups excluding carboxylic acids is 1. The van der Waals surface area contributed by atoms with E-state index in [1.807, 2.05) is 24.3 Å². The molecule has 0 saturated heterocycles. The van der Waals surface area contributed by atoms with Crippen molar-refractivity contribution in [1.29, 1.82) is 0 Å². The second-order valence-electron chi connectivity index (χ2n) is 8.15. The summed E-state index contributed by atoms with van der Waals surface area (Å²) in [6, 6.07) is 11.3. The molecule has 1 fully saturated rings. The Hall–Kier alpha value is -3.78. The topological polar surface area (TPSA) is 87.2 Å². The summed E-state index contributed by atoms with van der Waals surface area (Å²) in [6.45, 7) is 0.206. The van der Waals surface area contributed by atoms with Crippen LogP contribution in [0.3, 0.4) is 0 Å². The molecule has 5 aromatic rings. The van der Waals surface area contributed by atoms with Crippen molar-refractivity contribution in [3.05, 3.63) is 76.2 Å². The Kier molecular flexibility index (Phi) is 4.62. The van der Waals surface area contributed by atoms with Gasteiger partial charge >= 0.3 is 0 Å². The van der Waals surface area contributed by atoms with Gasteiger partial charge in [0, 0.05) is 21.2 Å². The van der Waals surface area contributed by atoms with Crippen molar-refractivity contribution in [2.45, 2.75) is 25.3 Å². The smallest absolute Gasteiger partial charge is 0.263 e. The van der Waals surface area contributed by atoms with Gasteiger partial charge in [0.15, 0.2) is 12.7 Å². The lowest BCUT2D eigenvalue weighted by Crippen LogP contribution is -2.24. The lowest BCUT2D eigenvalue weighted by atomic mass is 10.0. The summed E-state index contributed by atoms with van der Waals surface area (Å²) in [5, 5.41) is 1.26. The summed E-state index contributed by atoms with van der Waals surface area (Å²) in [6.07, 6.45) is 5.97. The normalized spacial score (nSPS) is 13.6. The molecule has 33 heavy (non-hydrogen) atoms. The van der Waals surface area contributed by atoms with Gasteiger partial charge in [-0.1, -0.05) is 18.2 Å². The molecule has 0 unspecified atom stereocenters. The van der Waals surface area contributed by atoms with Gasteiger partial charge in [-0.25, -0.2) is 9.97 Å². The van der Waals surface area contributed by atoms with Gasteiger partial charge in [-0.15, -0.1) is 11.3 Å². The van der Waals surface area contributed by atoms with E-state index in [4.69, 9.17) is 14.1 Å². The number of methoxy groups -OCH3 is 1. The first-order valence-corrected chi connectivity index (χ1v) is 11.5. The van der Waals surface area contributed by atoms with Crippen LogP contribution >= 0.6 is 11.3 Å². The minimum absolute atomic E-state index is 0.168. The van der Waals surface area contributed by atoms with Crippen LogP contribution in [0.15, 0.2) is 58.2 Å². The molecule has 164 valence electrons. The third kappa shape index (κ3) is 3.25. The van der Waals surface area contributed by atoms with Crippen molar-refractivity contribution in [2.75, 3.05) is 7.11 Å². The zero-order chi connectivity index (χ0) is 22.5. The quantitative estimate of drug-likeness (QED) is 0.333. The van der Waals surface area contributed by atoms with Gasteiger partial charge in [0.25, 0.3) is 5.56 Å². The fourth-order valence-electron chi connectivity index (χ4n) is 4.33. The summed E-state index contributed by atoms with van der Waals surface area (Å²) in [4.78, 5) is 35.1. The van der Waals surface area contributed by atoms with Gasteiger partial charge in [0.2, 0.25) is 0 Å². The molecule has 6 rings (SSSR count). The first kappa shape index (κ1) is 19.9. The van der Waals surface area contributed by atoms with Crippen molar-refractivity contribution in [3.8, 4) is 17.1 Å². The average molecular weight is 458 g/mol. The van der Waals surface area contributed by atoms with E-state index in [2.05, 4.69) is 4.98 Å². The Morgan fingerprint density at radius 1 is 1.27 bits per heavy atom. The molecule has 3 aromatic heterocycles. The Morgan fingerprint density at radius 3 is 2.88 bits per heavy atom. The van der Waals surface area contributed by atoms with Gasteiger partial charge in [-0.05, 0) is 42.5 Å². The summed E-state index contributed by atoms with van der Waals surface area (Å²) in [5.41, 5.74) is 2.42. The Bertz CT molecular complexity index is 1580. The predicted molar refractivity (Wildman–Crippen MR) is 126 cm³/mol. The molecule has 1 aliphatic carbocycles. The molecule has 8 heteroatoms. The fraction of sp³-hybridized carbons (Fsp3) is 0.200. The van der Waals surface area contributed by atoms with Gasteiger partial charge in [0.05, 0.1) is 25.2 Å². The van der Waals surface area contributed by atoms with Gasteiger partial charge in [0.1, 0.15) is 22.2 Å². The van der Waals surface area contributed by atoms with E-state index >= 15 is 0 Å². The molecule has 0 N–H and O–H groups in total. The molecule has 2 aromatic carbocycles. The highest BCUT2D eigenvalue weighted by Gasteiger charge is 2.29. The van der Waals surface area contributed by atoms with E-state index in [9.17, 15) is 9.59 Å². The molecule has 0 aliphatic heterocycles. The van der Waals surface area contributed by atoms with Crippen LogP contribution in [-0.4, -0.2) is 27.9 Å². The number of carbonyl (C=O) groups is 1. The number of benzene rings is 2. The van der Waals surface area contributed by atoms with Crippen LogP contribution in [0.4, 0.5) is 0 Å². The van der Waals surface area contributed by atoms with E-state index in [0.717, 1.165) is 46.1 Å². The largest absolute Gasteiger partial charge is 0.497 e. The van der Waals surface area contributed by atoms with Crippen molar-refractivity contribution in [2.24, 2.45) is 0 Å². The van der Waals surface area contributed by atoms with E-state index in [-0.39, 0.29) is 12.1 Å². The Balaban J connectivity index is 1.68. The molecule has 7 nitrogen and oxygen atoms in total. The highest BCUT2D eigenvalue weighted by molar-refractivity contribution is 7.25. The monoisotopic (exact) mass is 457 g/mol. The van der Waals surface area contributed by atoms with E-state index in [0.29, 0.717) is 33.3 Å². The minimum atomic E-state index is -0.168. The van der Waals surface area contributed by atoms with Crippen molar-refractivity contribution in [1.82, 2.24) is 14.5 Å². The van der Waals surface area contributed by atoms with Crippen molar-refractivity contribution in [3.63, 3.8) is 0 Å². The molecular formula is C25H19N3O4S. The molecule has 1 aliphatic rings. The molecule has 0 atom stereocenters. The highest BCUT2D eigenvalue weighted by Crippen LogP contribution is 2.45. The van der Waals surface area contributed by atoms with Crippen molar-refractivity contribution >= 4 is 37.9 Å². The lowest BCUT2D eigenvalue weighted by molar-refractivity contribution is 0.112. The lowest BCUT2D eigenvalue weighted by Gasteiger charge is -2.15. The number of aromatic nitrogens is 3. The molecule has 0 amide bonds. The summed E-state index contributed by atoms with van der Waals surface area (Å²) in [7, 11) is 1.65. The third-order valence-corrected chi connectivity index (χ3v) is 7.24. The average Bonchev–Trinajstić information content (AvgIpc) is 3.42. The number of oxazole rings is 1. The van der Waals surface area contributed by atoms with Crippen LogP contribution in [0.2, 0.25) is 0 Å². The number of thiophene rings is 1.